The van der Waals surface area contributed by atoms with Crippen molar-refractivity contribution in [2.45, 2.75) is 350 Å². The van der Waals surface area contributed by atoms with Crippen LogP contribution in [0.15, 0.2) is 0 Å². The molecule has 29 heteroatoms. The molecule has 8 atom stereocenters. The van der Waals surface area contributed by atoms with E-state index in [1.807, 2.05) is 59.5 Å². The van der Waals surface area contributed by atoms with E-state index in [-0.39, 0.29) is 63.1 Å². The van der Waals surface area contributed by atoms with Crippen molar-refractivity contribution in [3.8, 4) is 24.3 Å². The summed E-state index contributed by atoms with van der Waals surface area (Å²) >= 11 is 0. The zero-order chi connectivity index (χ0) is 107. The Labute approximate surface area is 871 Å². The number of likely N-dealkylation sites (N-methyl/N-ethyl adjacent to an activating group) is 2. The molecule has 12 aliphatic heterocycles. The molecule has 0 aromatic rings. The van der Waals surface area contributed by atoms with Crippen molar-refractivity contribution in [3.05, 3.63) is 0 Å². The number of likely N-dealkylation sites (tertiary alicyclic amines) is 10. The Morgan fingerprint density at radius 3 is 1.23 bits per heavy atom. The Kier molecular flexibility index (Phi) is 55.6. The van der Waals surface area contributed by atoms with Gasteiger partial charge >= 0.3 is 0 Å². The number of rotatable bonds is 24. The van der Waals surface area contributed by atoms with Crippen LogP contribution < -0.4 is 16.0 Å². The first kappa shape index (κ1) is 127. The highest BCUT2D eigenvalue weighted by Gasteiger charge is 2.43. The average molecular weight is 2000 g/mol. The third-order valence-corrected chi connectivity index (χ3v) is 30.2. The number of fused-ring (bicyclic) bond motifs is 2. The molecule has 29 nitrogen and oxygen atoms in total. The Bertz CT molecular complexity index is 3850. The molecule has 3 N–H and O–H groups in total. The fourth-order valence-electron chi connectivity index (χ4n) is 21.6. The molecule has 0 aromatic carbocycles. The summed E-state index contributed by atoms with van der Waals surface area (Å²) in [6.07, 6.45) is 23.6. The molecule has 12 aliphatic rings. The maximum Gasteiger partial charge on any atom is 0.236 e. The second-order valence-corrected chi connectivity index (χ2v) is 52.0. The van der Waals surface area contributed by atoms with Gasteiger partial charge in [-0.25, -0.2) is 0 Å². The van der Waals surface area contributed by atoms with Gasteiger partial charge in [0.25, 0.3) is 0 Å². The van der Waals surface area contributed by atoms with Crippen LogP contribution in [0.3, 0.4) is 0 Å². The first-order valence-electron chi connectivity index (χ1n) is 56.1. The minimum absolute atomic E-state index is 0.0607. The SMILES string of the molecule is CC(C#N)CN(C)C1CCN(C(=O)CC(C)(C)C)CC1.CC(C)(C)CC(=O)N1CC2CCCNC2C1.CC(C)(C)CC(=O)N1CCC(N2CCC(C#N)C2)CC1.CC(C)CC(=O)N1CCC(N2CCCC(C#N)C2)CC1.CC(C)CC(=O)N1CCC(NCC(C)C#N)CC1.CC(C)CC(=O)N1CCN(CC2CCN(CC(=O)N(C)C)CC2)CC1.CN1CCC2CN(C(=O)CC(C)(C)C)CC21.CNCCC(C)(C)C. The van der Waals surface area contributed by atoms with Crippen LogP contribution >= 0.6 is 0 Å². The molecule has 818 valence electrons. The lowest BCUT2D eigenvalue weighted by atomic mass is 9.91. The van der Waals surface area contributed by atoms with Gasteiger partial charge in [0.1, 0.15) is 0 Å². The van der Waals surface area contributed by atoms with Crippen LogP contribution in [0.1, 0.15) is 313 Å². The van der Waals surface area contributed by atoms with E-state index >= 15 is 0 Å². The summed E-state index contributed by atoms with van der Waals surface area (Å²) < 4.78 is 0. The van der Waals surface area contributed by atoms with E-state index in [1.165, 1.54) is 45.1 Å². The highest BCUT2D eigenvalue weighted by molar-refractivity contribution is 5.80. The average Bonchev–Trinajstić information content (AvgIpc) is 1.64. The third kappa shape index (κ3) is 50.5. The van der Waals surface area contributed by atoms with Gasteiger partial charge in [-0.3, -0.25) is 58.0 Å². The molecule has 12 saturated heterocycles. The Morgan fingerprint density at radius 1 is 0.406 bits per heavy atom. The van der Waals surface area contributed by atoms with Crippen LogP contribution in [-0.2, 0) is 38.4 Å². The van der Waals surface area contributed by atoms with Crippen molar-refractivity contribution in [1.29, 1.82) is 21.0 Å². The van der Waals surface area contributed by atoms with Crippen molar-refractivity contribution < 1.29 is 38.4 Å². The van der Waals surface area contributed by atoms with Gasteiger partial charge in [0.2, 0.25) is 47.3 Å². The number of carbonyl (C=O) groups is 8. The summed E-state index contributed by atoms with van der Waals surface area (Å²) in [6.45, 7) is 76.0. The second kappa shape index (κ2) is 62.7. The van der Waals surface area contributed by atoms with E-state index in [0.717, 1.165) is 259 Å². The number of hydrogen-bond acceptors (Lipinski definition) is 21. The number of piperazine rings is 1. The van der Waals surface area contributed by atoms with Crippen LogP contribution in [0.2, 0.25) is 0 Å². The molecule has 8 amide bonds. The third-order valence-electron chi connectivity index (χ3n) is 30.2. The predicted octanol–water partition coefficient (Wildman–Crippen LogP) is 14.6. The Balaban J connectivity index is 0.000000291. The first-order valence-corrected chi connectivity index (χ1v) is 56.1. The zero-order valence-electron chi connectivity index (χ0n) is 96.0. The zero-order valence-corrected chi connectivity index (χ0v) is 96.0. The molecule has 12 fully saturated rings. The highest BCUT2D eigenvalue weighted by Crippen LogP contribution is 2.35. The summed E-state index contributed by atoms with van der Waals surface area (Å²) in [5.41, 5.74) is 0.845. The molecule has 0 saturated carbocycles. The van der Waals surface area contributed by atoms with Crippen LogP contribution in [0.5, 0.6) is 0 Å². The molecular weight excluding hydrogens is 1790 g/mol. The van der Waals surface area contributed by atoms with Crippen LogP contribution in [0, 0.1) is 132 Å². The molecule has 12 heterocycles. The van der Waals surface area contributed by atoms with E-state index in [9.17, 15) is 38.4 Å². The van der Waals surface area contributed by atoms with Crippen molar-refractivity contribution in [1.82, 2.24) is 84.5 Å². The van der Waals surface area contributed by atoms with Crippen LogP contribution in [0.4, 0.5) is 0 Å². The number of nitrogens with zero attached hydrogens (tertiary/aromatic N) is 18. The maximum absolute atomic E-state index is 12.2. The number of hydrogen-bond donors (Lipinski definition) is 3. The smallest absolute Gasteiger partial charge is 0.236 e. The molecule has 143 heavy (non-hydrogen) atoms. The Morgan fingerprint density at radius 2 is 0.825 bits per heavy atom. The number of nitrogens with one attached hydrogen (secondary N) is 3. The largest absolute Gasteiger partial charge is 0.348 e. The van der Waals surface area contributed by atoms with Gasteiger partial charge in [-0.1, -0.05) is 145 Å². The maximum atomic E-state index is 12.2. The predicted molar refractivity (Wildman–Crippen MR) is 580 cm³/mol. The molecule has 0 radical (unpaired) electrons. The standard InChI is InChI=1S/C19H36N4O2.2C16H27N3O.C16H29N3O.C14H25N3O.2C13H24N2O.C7H17N/c1-16(2)13-18(24)23-11-9-22(10-12-23)14-17-5-7-21(8-6-17)15-19(25)20(3)4;1-16(2,3)10-15(20)18-8-5-14(6-9-18)19-7-4-13(11-17)12-19;1-13(2)10-16(20)18-8-5-15(6-9-18)19-7-3-4-14(11-17)12-19;1-13(11-17)12-18(5)14-6-8-19(9-7-14)15(20)10-16(2,3)4;1-11(2)8-14(18)17-6-4-13(5-7-17)16-10-12(3)9-15;1-13(2,3)7-12(16)15-8-10-5-6-14(4)11(10)9-15;1-13(2,3)7-12(16)15-8-10-5-4-6-14-11(10)9-15;1-7(2,3)5-6-8-4/h16-17H,5-15H2,1-4H3;13-14H,4-10,12H2,1-3H3;13-15H,3-10,12H2,1-2H3;13-14H,6-10,12H2,1-5H3;11-13,16H,4-8,10H2,1-3H3;10-11H,5-9H2,1-4H3;10-11,14H,4-9H2,1-3H3;8H,5-6H2,1-4H3. The monoisotopic (exact) mass is 2000 g/mol. The summed E-state index contributed by atoms with van der Waals surface area (Å²) in [7, 11) is 9.90. The van der Waals surface area contributed by atoms with Crippen LogP contribution in [-0.4, -0.2) is 377 Å². The molecule has 0 bridgehead atoms. The van der Waals surface area contributed by atoms with Gasteiger partial charge in [-0.05, 0) is 253 Å². The lowest BCUT2D eigenvalue weighted by Crippen LogP contribution is -2.51. The fourth-order valence-corrected chi connectivity index (χ4v) is 21.6. The van der Waals surface area contributed by atoms with E-state index in [4.69, 9.17) is 21.0 Å². The summed E-state index contributed by atoms with van der Waals surface area (Å²) in [4.78, 5) is 127. The Hall–Kier alpha value is -6.64. The van der Waals surface area contributed by atoms with Gasteiger partial charge in [0.05, 0.1) is 54.5 Å². The normalized spacial score (nSPS) is 23.4. The molecule has 0 aromatic heterocycles. The van der Waals surface area contributed by atoms with Gasteiger partial charge in [-0.2, -0.15) is 21.0 Å². The first-order chi connectivity index (χ1) is 67.0. The van der Waals surface area contributed by atoms with Crippen molar-refractivity contribution >= 4 is 47.3 Å². The van der Waals surface area contributed by atoms with Crippen molar-refractivity contribution in [2.75, 3.05) is 225 Å². The van der Waals surface area contributed by atoms with E-state index in [1.54, 1.807) is 4.90 Å². The van der Waals surface area contributed by atoms with Gasteiger partial charge < -0.3 is 64.9 Å². The molecule has 12 rings (SSSR count). The molecule has 0 aliphatic carbocycles. The van der Waals surface area contributed by atoms with Gasteiger partial charge in [0, 0.05) is 233 Å². The topological polar surface area (TPSA) is 313 Å². The van der Waals surface area contributed by atoms with Crippen molar-refractivity contribution in [2.24, 2.45) is 86.3 Å². The molecule has 0 spiro atoms. The number of amides is 8. The summed E-state index contributed by atoms with van der Waals surface area (Å²) in [6, 6.07) is 12.6. The van der Waals surface area contributed by atoms with Gasteiger partial charge in [0.15, 0.2) is 0 Å². The van der Waals surface area contributed by atoms with E-state index < -0.39 is 0 Å². The van der Waals surface area contributed by atoms with Gasteiger partial charge in [-0.15, -0.1) is 0 Å². The molecule has 8 unspecified atom stereocenters. The lowest BCUT2D eigenvalue weighted by molar-refractivity contribution is -0.135. The van der Waals surface area contributed by atoms with Crippen molar-refractivity contribution in [3.63, 3.8) is 0 Å². The van der Waals surface area contributed by atoms with E-state index in [2.05, 4.69) is 239 Å². The number of piperidine rings is 7. The second-order valence-electron chi connectivity index (χ2n) is 52.0. The quantitative estimate of drug-likeness (QED) is 0.0808. The minimum Gasteiger partial charge on any atom is -0.348 e. The lowest BCUT2D eigenvalue weighted by Gasteiger charge is -2.41. The summed E-state index contributed by atoms with van der Waals surface area (Å²) in [5.74, 6) is 6.41. The summed E-state index contributed by atoms with van der Waals surface area (Å²) in [5, 5.41) is 45.7. The number of carbonyl (C=O) groups excluding carboxylic acids is 8. The fraction of sp³-hybridized carbons (Fsp3) is 0.895. The van der Waals surface area contributed by atoms with E-state index in [0.29, 0.717) is 146 Å². The highest BCUT2D eigenvalue weighted by atomic mass is 16.2. The number of nitriles is 4. The van der Waals surface area contributed by atoms with Crippen LogP contribution in [0.25, 0.3) is 0 Å². The molecular formula is C114H209N21O8. The minimum atomic E-state index is 0.0607.